The number of aryl methyl sites for hydroxylation is 1. The maximum absolute atomic E-state index is 12.5. The summed E-state index contributed by atoms with van der Waals surface area (Å²) in [6, 6.07) is 16.6. The van der Waals surface area contributed by atoms with Crippen molar-refractivity contribution in [1.29, 1.82) is 0 Å². The molecule has 4 rings (SSSR count). The molecule has 1 aromatic heterocycles. The average molecular weight is 354 g/mol. The topological polar surface area (TPSA) is 22.0 Å². The molecule has 1 aliphatic rings. The van der Waals surface area contributed by atoms with Crippen molar-refractivity contribution in [1.82, 2.24) is 4.57 Å². The molecule has 110 valence electrons. The summed E-state index contributed by atoms with van der Waals surface area (Å²) in [4.78, 5) is 12.5. The van der Waals surface area contributed by atoms with E-state index in [-0.39, 0.29) is 5.78 Å². The highest BCUT2D eigenvalue weighted by Crippen LogP contribution is 2.33. The zero-order valence-electron chi connectivity index (χ0n) is 12.2. The van der Waals surface area contributed by atoms with Crippen molar-refractivity contribution in [3.63, 3.8) is 0 Å². The lowest BCUT2D eigenvalue weighted by atomic mass is 9.94. The Morgan fingerprint density at radius 1 is 1.00 bits per heavy atom. The van der Waals surface area contributed by atoms with Gasteiger partial charge < -0.3 is 4.57 Å². The van der Waals surface area contributed by atoms with Gasteiger partial charge in [-0.1, -0.05) is 52.3 Å². The van der Waals surface area contributed by atoms with Crippen molar-refractivity contribution < 1.29 is 4.79 Å². The number of ketones is 1. The van der Waals surface area contributed by atoms with Gasteiger partial charge in [0.2, 0.25) is 0 Å². The lowest BCUT2D eigenvalue weighted by Gasteiger charge is -2.15. The Kier molecular flexibility index (Phi) is 3.38. The van der Waals surface area contributed by atoms with Crippen molar-refractivity contribution in [2.45, 2.75) is 25.8 Å². The highest BCUT2D eigenvalue weighted by atomic mass is 79.9. The Hall–Kier alpha value is -1.87. The van der Waals surface area contributed by atoms with Crippen LogP contribution in [-0.2, 0) is 13.0 Å². The summed E-state index contributed by atoms with van der Waals surface area (Å²) in [5.74, 6) is 0.282. The van der Waals surface area contributed by atoms with E-state index < -0.39 is 0 Å². The first kappa shape index (κ1) is 13.8. The molecule has 1 heterocycles. The molecule has 22 heavy (non-hydrogen) atoms. The zero-order chi connectivity index (χ0) is 15.1. The molecule has 2 nitrogen and oxygen atoms in total. The fourth-order valence-electron chi connectivity index (χ4n) is 3.45. The third-order valence-electron chi connectivity index (χ3n) is 4.46. The molecule has 2 aromatic carbocycles. The molecule has 0 unspecified atom stereocenters. The van der Waals surface area contributed by atoms with E-state index >= 15 is 0 Å². The van der Waals surface area contributed by atoms with Gasteiger partial charge in [-0.15, -0.1) is 0 Å². The smallest absolute Gasteiger partial charge is 0.179 e. The number of fused-ring (bicyclic) bond motifs is 3. The summed E-state index contributed by atoms with van der Waals surface area (Å²) in [5.41, 5.74) is 4.52. The standard InChI is InChI=1S/C19H16BrNO/c20-16-9-3-1-6-13(16)12-21-17-10-4-2-7-14(17)15-8-5-11-18(22)19(15)21/h1-4,6-7,9-10H,5,8,11-12H2. The van der Waals surface area contributed by atoms with Crippen molar-refractivity contribution in [2.24, 2.45) is 0 Å². The van der Waals surface area contributed by atoms with Crippen LogP contribution in [0, 0.1) is 0 Å². The fourth-order valence-corrected chi connectivity index (χ4v) is 3.86. The summed E-state index contributed by atoms with van der Waals surface area (Å²) >= 11 is 3.62. The van der Waals surface area contributed by atoms with E-state index in [1.54, 1.807) is 0 Å². The first-order chi connectivity index (χ1) is 10.8. The Labute approximate surface area is 137 Å². The van der Waals surface area contributed by atoms with Crippen LogP contribution in [0.15, 0.2) is 53.0 Å². The normalized spacial score (nSPS) is 14.3. The number of aromatic nitrogens is 1. The van der Waals surface area contributed by atoms with Crippen LogP contribution in [0.5, 0.6) is 0 Å². The SMILES string of the molecule is O=C1CCCc2c1n(Cc1ccccc1Br)c1ccccc21. The molecule has 0 aliphatic heterocycles. The van der Waals surface area contributed by atoms with Gasteiger partial charge in [0.1, 0.15) is 0 Å². The van der Waals surface area contributed by atoms with Crippen LogP contribution in [0.2, 0.25) is 0 Å². The number of carbonyl (C=O) groups excluding carboxylic acids is 1. The average Bonchev–Trinajstić information content (AvgIpc) is 2.86. The minimum absolute atomic E-state index is 0.282. The number of rotatable bonds is 2. The Balaban J connectivity index is 1.95. The molecule has 0 saturated carbocycles. The van der Waals surface area contributed by atoms with Crippen LogP contribution in [-0.4, -0.2) is 10.4 Å². The van der Waals surface area contributed by atoms with Crippen LogP contribution in [0.1, 0.15) is 34.5 Å². The van der Waals surface area contributed by atoms with E-state index in [1.807, 2.05) is 12.1 Å². The Morgan fingerprint density at radius 3 is 2.64 bits per heavy atom. The van der Waals surface area contributed by atoms with Gasteiger partial charge >= 0.3 is 0 Å². The number of carbonyl (C=O) groups is 1. The first-order valence-electron chi connectivity index (χ1n) is 7.62. The zero-order valence-corrected chi connectivity index (χ0v) is 13.8. The largest absolute Gasteiger partial charge is 0.333 e. The lowest BCUT2D eigenvalue weighted by molar-refractivity contribution is 0.0964. The molecule has 0 N–H and O–H groups in total. The highest BCUT2D eigenvalue weighted by molar-refractivity contribution is 9.10. The number of para-hydroxylation sites is 1. The van der Waals surface area contributed by atoms with E-state index in [0.717, 1.165) is 29.6 Å². The van der Waals surface area contributed by atoms with E-state index in [2.05, 4.69) is 56.9 Å². The third-order valence-corrected chi connectivity index (χ3v) is 5.23. The number of Topliss-reactive ketones (excluding diaryl/α,β-unsaturated/α-hetero) is 1. The van der Waals surface area contributed by atoms with E-state index in [9.17, 15) is 4.79 Å². The van der Waals surface area contributed by atoms with Crippen LogP contribution >= 0.6 is 15.9 Å². The van der Waals surface area contributed by atoms with Crippen LogP contribution < -0.4 is 0 Å². The second kappa shape index (κ2) is 5.40. The van der Waals surface area contributed by atoms with Gasteiger partial charge in [0.15, 0.2) is 5.78 Å². The van der Waals surface area contributed by atoms with Crippen molar-refractivity contribution in [3.8, 4) is 0 Å². The summed E-state index contributed by atoms with van der Waals surface area (Å²) in [7, 11) is 0. The second-order valence-electron chi connectivity index (χ2n) is 5.80. The Morgan fingerprint density at radius 2 is 1.77 bits per heavy atom. The van der Waals surface area contributed by atoms with Gasteiger partial charge in [-0.05, 0) is 36.1 Å². The molecule has 0 bridgehead atoms. The summed E-state index contributed by atoms with van der Waals surface area (Å²) < 4.78 is 3.29. The number of nitrogens with zero attached hydrogens (tertiary/aromatic N) is 1. The van der Waals surface area contributed by atoms with E-state index in [4.69, 9.17) is 0 Å². The minimum atomic E-state index is 0.282. The monoisotopic (exact) mass is 353 g/mol. The van der Waals surface area contributed by atoms with E-state index in [1.165, 1.54) is 22.0 Å². The van der Waals surface area contributed by atoms with E-state index in [0.29, 0.717) is 6.42 Å². The number of hydrogen-bond acceptors (Lipinski definition) is 1. The first-order valence-corrected chi connectivity index (χ1v) is 8.41. The number of benzene rings is 2. The minimum Gasteiger partial charge on any atom is -0.333 e. The van der Waals surface area contributed by atoms with Gasteiger partial charge in [0.25, 0.3) is 0 Å². The number of halogens is 1. The quantitative estimate of drug-likeness (QED) is 0.637. The van der Waals surface area contributed by atoms with Gasteiger partial charge in [-0.3, -0.25) is 4.79 Å². The summed E-state index contributed by atoms with van der Waals surface area (Å²) in [6.45, 7) is 0.725. The second-order valence-corrected chi connectivity index (χ2v) is 6.65. The molecule has 0 radical (unpaired) electrons. The Bertz CT molecular complexity index is 878. The molecule has 0 spiro atoms. The molecule has 0 atom stereocenters. The molecular weight excluding hydrogens is 338 g/mol. The third kappa shape index (κ3) is 2.12. The predicted octanol–water partition coefficient (Wildman–Crippen LogP) is 4.97. The molecule has 1 aliphatic carbocycles. The van der Waals surface area contributed by atoms with Crippen LogP contribution in [0.3, 0.4) is 0 Å². The number of hydrogen-bond donors (Lipinski definition) is 0. The van der Waals surface area contributed by atoms with Crippen molar-refractivity contribution in [2.75, 3.05) is 0 Å². The lowest BCUT2D eigenvalue weighted by Crippen LogP contribution is -2.16. The molecular formula is C19H16BrNO. The fraction of sp³-hybridized carbons (Fsp3) is 0.211. The van der Waals surface area contributed by atoms with Gasteiger partial charge in [-0.25, -0.2) is 0 Å². The maximum Gasteiger partial charge on any atom is 0.179 e. The van der Waals surface area contributed by atoms with Crippen molar-refractivity contribution >= 4 is 32.6 Å². The molecule has 0 fully saturated rings. The molecule has 0 amide bonds. The van der Waals surface area contributed by atoms with Crippen LogP contribution in [0.25, 0.3) is 10.9 Å². The predicted molar refractivity (Wildman–Crippen MR) is 92.5 cm³/mol. The molecule has 3 heteroatoms. The highest BCUT2D eigenvalue weighted by Gasteiger charge is 2.25. The van der Waals surface area contributed by atoms with Gasteiger partial charge in [-0.2, -0.15) is 0 Å². The van der Waals surface area contributed by atoms with Gasteiger partial charge in [0.05, 0.1) is 5.69 Å². The van der Waals surface area contributed by atoms with Gasteiger partial charge in [0, 0.05) is 28.3 Å². The maximum atomic E-state index is 12.5. The van der Waals surface area contributed by atoms with Crippen molar-refractivity contribution in [3.05, 3.63) is 69.8 Å². The summed E-state index contributed by atoms with van der Waals surface area (Å²) in [5, 5.41) is 1.23. The van der Waals surface area contributed by atoms with Crippen LogP contribution in [0.4, 0.5) is 0 Å². The molecule has 3 aromatic rings. The summed E-state index contributed by atoms with van der Waals surface area (Å²) in [6.07, 6.45) is 2.64. The molecule has 0 saturated heterocycles.